The van der Waals surface area contributed by atoms with Crippen molar-refractivity contribution in [2.24, 2.45) is 11.8 Å². The molecule has 3 atom stereocenters. The van der Waals surface area contributed by atoms with Crippen LogP contribution in [0.2, 0.25) is 0 Å². The van der Waals surface area contributed by atoms with Crippen LogP contribution in [-0.2, 0) is 11.2 Å². The molecule has 1 aliphatic heterocycles. The van der Waals surface area contributed by atoms with Crippen LogP contribution in [0.5, 0.6) is 0 Å². The number of fused-ring (bicyclic) bond motifs is 1. The van der Waals surface area contributed by atoms with E-state index in [1.807, 2.05) is 11.3 Å². The van der Waals surface area contributed by atoms with E-state index >= 15 is 0 Å². The highest BCUT2D eigenvalue weighted by atomic mass is 32.1. The highest BCUT2D eigenvalue weighted by molar-refractivity contribution is 7.10. The molecule has 92 valence electrons. The lowest BCUT2D eigenvalue weighted by Gasteiger charge is -2.35. The Kier molecular flexibility index (Phi) is 2.74. The molecule has 1 saturated carbocycles. The molecule has 0 saturated heterocycles. The molecule has 2 aliphatic rings. The van der Waals surface area contributed by atoms with E-state index in [2.05, 4.69) is 30.2 Å². The molecule has 3 unspecified atom stereocenters. The number of carbonyl (C=O) groups excluding carboxylic acids is 1. The molecule has 17 heavy (non-hydrogen) atoms. The van der Waals surface area contributed by atoms with Crippen molar-refractivity contribution in [2.45, 2.75) is 39.2 Å². The topological polar surface area (TPSA) is 20.3 Å². The Morgan fingerprint density at radius 3 is 3.00 bits per heavy atom. The largest absolute Gasteiger partial charge is 0.335 e. The van der Waals surface area contributed by atoms with E-state index < -0.39 is 0 Å². The van der Waals surface area contributed by atoms with Gasteiger partial charge in [-0.05, 0) is 42.2 Å². The summed E-state index contributed by atoms with van der Waals surface area (Å²) in [6.45, 7) is 5.30. The van der Waals surface area contributed by atoms with Crippen LogP contribution < -0.4 is 0 Å². The Balaban J connectivity index is 1.84. The first-order valence-corrected chi connectivity index (χ1v) is 7.47. The summed E-state index contributed by atoms with van der Waals surface area (Å²) in [5, 5.41) is 2.17. The fourth-order valence-corrected chi connectivity index (χ4v) is 3.91. The number of thiophene rings is 1. The van der Waals surface area contributed by atoms with E-state index in [1.165, 1.54) is 10.4 Å². The SMILES string of the molecule is CCC1c2ccsc2CCN1C(=O)C1CC1C. The van der Waals surface area contributed by atoms with Crippen LogP contribution in [0.25, 0.3) is 0 Å². The number of hydrogen-bond donors (Lipinski definition) is 0. The van der Waals surface area contributed by atoms with Crippen LogP contribution in [-0.4, -0.2) is 17.4 Å². The number of nitrogens with zero attached hydrogens (tertiary/aromatic N) is 1. The molecule has 1 amide bonds. The molecule has 0 N–H and O–H groups in total. The van der Waals surface area contributed by atoms with Crippen molar-refractivity contribution in [3.63, 3.8) is 0 Å². The van der Waals surface area contributed by atoms with Gasteiger partial charge in [0.2, 0.25) is 5.91 Å². The molecular weight excluding hydrogens is 230 g/mol. The minimum Gasteiger partial charge on any atom is -0.335 e. The van der Waals surface area contributed by atoms with Gasteiger partial charge in [-0.2, -0.15) is 0 Å². The van der Waals surface area contributed by atoms with E-state index in [4.69, 9.17) is 0 Å². The summed E-state index contributed by atoms with van der Waals surface area (Å²) in [5.41, 5.74) is 1.41. The van der Waals surface area contributed by atoms with Crippen molar-refractivity contribution in [1.82, 2.24) is 4.90 Å². The lowest BCUT2D eigenvalue weighted by molar-refractivity contribution is -0.135. The number of hydrogen-bond acceptors (Lipinski definition) is 2. The first-order chi connectivity index (χ1) is 8.22. The van der Waals surface area contributed by atoms with Crippen LogP contribution in [0.1, 0.15) is 43.2 Å². The fourth-order valence-electron chi connectivity index (χ4n) is 2.98. The van der Waals surface area contributed by atoms with Crippen molar-refractivity contribution in [2.75, 3.05) is 6.54 Å². The van der Waals surface area contributed by atoms with Gasteiger partial charge in [-0.25, -0.2) is 0 Å². The van der Waals surface area contributed by atoms with Crippen LogP contribution in [0.4, 0.5) is 0 Å². The van der Waals surface area contributed by atoms with E-state index in [-0.39, 0.29) is 0 Å². The summed E-state index contributed by atoms with van der Waals surface area (Å²) in [6.07, 6.45) is 3.19. The Bertz CT molecular complexity index is 439. The molecular formula is C14H19NOS. The summed E-state index contributed by atoms with van der Waals surface area (Å²) in [7, 11) is 0. The minimum absolute atomic E-state index is 0.323. The van der Waals surface area contributed by atoms with Crippen LogP contribution in [0.15, 0.2) is 11.4 Å². The second-order valence-electron chi connectivity index (χ2n) is 5.32. The maximum atomic E-state index is 12.4. The van der Waals surface area contributed by atoms with Gasteiger partial charge in [0.05, 0.1) is 6.04 Å². The van der Waals surface area contributed by atoms with Gasteiger partial charge >= 0.3 is 0 Å². The summed E-state index contributed by atoms with van der Waals surface area (Å²) in [5.74, 6) is 1.34. The molecule has 1 aromatic rings. The van der Waals surface area contributed by atoms with E-state index in [9.17, 15) is 4.79 Å². The monoisotopic (exact) mass is 249 g/mol. The number of carbonyl (C=O) groups is 1. The summed E-state index contributed by atoms with van der Waals surface area (Å²) in [4.78, 5) is 16.0. The van der Waals surface area contributed by atoms with Crippen LogP contribution in [0.3, 0.4) is 0 Å². The lowest BCUT2D eigenvalue weighted by Crippen LogP contribution is -2.40. The van der Waals surface area contributed by atoms with Crippen LogP contribution >= 0.6 is 11.3 Å². The Labute approximate surface area is 107 Å². The molecule has 3 rings (SSSR count). The first-order valence-electron chi connectivity index (χ1n) is 6.59. The summed E-state index contributed by atoms with van der Waals surface area (Å²) >= 11 is 1.84. The maximum absolute atomic E-state index is 12.4. The zero-order valence-corrected chi connectivity index (χ0v) is 11.3. The number of amides is 1. The zero-order valence-electron chi connectivity index (χ0n) is 10.5. The minimum atomic E-state index is 0.323. The third kappa shape index (κ3) is 1.81. The Hall–Kier alpha value is -0.830. The molecule has 0 spiro atoms. The summed E-state index contributed by atoms with van der Waals surface area (Å²) < 4.78 is 0. The van der Waals surface area contributed by atoms with Gasteiger partial charge in [-0.15, -0.1) is 11.3 Å². The van der Waals surface area contributed by atoms with E-state index in [1.54, 1.807) is 0 Å². The molecule has 3 heteroatoms. The summed E-state index contributed by atoms with van der Waals surface area (Å²) in [6, 6.07) is 2.55. The average Bonchev–Trinajstić information content (AvgIpc) is 2.89. The third-order valence-corrected chi connectivity index (χ3v) is 5.19. The van der Waals surface area contributed by atoms with Gasteiger partial charge in [-0.1, -0.05) is 13.8 Å². The van der Waals surface area contributed by atoms with Crippen molar-refractivity contribution >= 4 is 17.2 Å². The van der Waals surface area contributed by atoms with Gasteiger partial charge < -0.3 is 4.90 Å². The van der Waals surface area contributed by atoms with E-state index in [0.29, 0.717) is 23.8 Å². The van der Waals surface area contributed by atoms with Crippen molar-refractivity contribution < 1.29 is 4.79 Å². The van der Waals surface area contributed by atoms with Crippen LogP contribution in [0, 0.1) is 11.8 Å². The molecule has 1 fully saturated rings. The van der Waals surface area contributed by atoms with Crippen molar-refractivity contribution in [3.05, 3.63) is 21.9 Å². The zero-order chi connectivity index (χ0) is 12.0. The molecule has 0 aromatic carbocycles. The Morgan fingerprint density at radius 2 is 2.35 bits per heavy atom. The second kappa shape index (κ2) is 4.13. The number of rotatable bonds is 2. The molecule has 2 nitrogen and oxygen atoms in total. The van der Waals surface area contributed by atoms with E-state index in [0.717, 1.165) is 25.8 Å². The van der Waals surface area contributed by atoms with Gasteiger partial charge in [-0.3, -0.25) is 4.79 Å². The van der Waals surface area contributed by atoms with Gasteiger partial charge in [0.25, 0.3) is 0 Å². The predicted molar refractivity (Wildman–Crippen MR) is 70.0 cm³/mol. The highest BCUT2D eigenvalue weighted by Crippen LogP contribution is 2.43. The van der Waals surface area contributed by atoms with Gasteiger partial charge in [0.15, 0.2) is 0 Å². The van der Waals surface area contributed by atoms with Gasteiger partial charge in [0.1, 0.15) is 0 Å². The van der Waals surface area contributed by atoms with Crippen molar-refractivity contribution in [1.29, 1.82) is 0 Å². The lowest BCUT2D eigenvalue weighted by atomic mass is 9.97. The molecule has 0 bridgehead atoms. The third-order valence-electron chi connectivity index (χ3n) is 4.19. The smallest absolute Gasteiger partial charge is 0.226 e. The normalized spacial score (nSPS) is 31.2. The maximum Gasteiger partial charge on any atom is 0.226 e. The molecule has 1 aliphatic carbocycles. The first kappa shape index (κ1) is 11.3. The van der Waals surface area contributed by atoms with Gasteiger partial charge in [0, 0.05) is 17.3 Å². The predicted octanol–water partition coefficient (Wildman–Crippen LogP) is 3.24. The average molecular weight is 249 g/mol. The van der Waals surface area contributed by atoms with Crippen molar-refractivity contribution in [3.8, 4) is 0 Å². The molecule has 0 radical (unpaired) electrons. The highest BCUT2D eigenvalue weighted by Gasteiger charge is 2.44. The molecule has 2 heterocycles. The standard InChI is InChI=1S/C14H19NOS/c1-3-12-10-5-7-17-13(10)4-6-15(12)14(16)11-8-9(11)2/h5,7,9,11-12H,3-4,6,8H2,1-2H3. The fraction of sp³-hybridized carbons (Fsp3) is 0.643. The molecule has 1 aromatic heterocycles. The Morgan fingerprint density at radius 1 is 1.59 bits per heavy atom. The second-order valence-corrected chi connectivity index (χ2v) is 6.32. The quantitative estimate of drug-likeness (QED) is 0.788.